The molecule has 25 heavy (non-hydrogen) atoms. The second kappa shape index (κ2) is 7.62. The normalized spacial score (nSPS) is 15.6. The maximum atomic E-state index is 12.5. The van der Waals surface area contributed by atoms with Gasteiger partial charge in [-0.15, -0.1) is 0 Å². The molecule has 0 spiro atoms. The van der Waals surface area contributed by atoms with Crippen molar-refractivity contribution in [2.24, 2.45) is 0 Å². The lowest BCUT2D eigenvalue weighted by Crippen LogP contribution is -2.49. The zero-order valence-electron chi connectivity index (χ0n) is 13.9. The number of halogens is 3. The molecule has 1 aliphatic heterocycles. The Labute approximate surface area is 142 Å². The summed E-state index contributed by atoms with van der Waals surface area (Å²) in [6.07, 6.45) is -4.37. The Morgan fingerprint density at radius 3 is 2.24 bits per heavy atom. The number of carbonyl (C=O) groups excluding carboxylic acids is 2. The highest BCUT2D eigenvalue weighted by atomic mass is 19.4. The number of alkyl halides is 3. The molecule has 0 unspecified atom stereocenters. The standard InChI is InChI=1S/C16H19F3N2O4/c1-24-12-4-3-10(9-13(12)25-2)14(22)21-7-5-11(6-8-21)20-15(23)16(17,18)19/h3-4,9,11H,5-8H2,1-2H3,(H,20,23). The quantitative estimate of drug-likeness (QED) is 0.892. The molecule has 1 fully saturated rings. The van der Waals surface area contributed by atoms with E-state index in [9.17, 15) is 22.8 Å². The summed E-state index contributed by atoms with van der Waals surface area (Å²) in [5.41, 5.74) is 0.399. The number of nitrogens with zero attached hydrogens (tertiary/aromatic N) is 1. The van der Waals surface area contributed by atoms with Crippen LogP contribution in [0, 0.1) is 0 Å². The van der Waals surface area contributed by atoms with Gasteiger partial charge < -0.3 is 19.7 Å². The van der Waals surface area contributed by atoms with Gasteiger partial charge in [-0.1, -0.05) is 0 Å². The van der Waals surface area contributed by atoms with Crippen LogP contribution in [0.4, 0.5) is 13.2 Å². The Kier molecular flexibility index (Phi) is 5.76. The number of carbonyl (C=O) groups is 2. The summed E-state index contributed by atoms with van der Waals surface area (Å²) in [6.45, 7) is 0.520. The predicted molar refractivity (Wildman–Crippen MR) is 82.7 cm³/mol. The summed E-state index contributed by atoms with van der Waals surface area (Å²) in [7, 11) is 2.94. The van der Waals surface area contributed by atoms with Gasteiger partial charge in [0.2, 0.25) is 0 Å². The predicted octanol–water partition coefficient (Wildman–Crippen LogP) is 1.99. The average Bonchev–Trinajstić information content (AvgIpc) is 2.60. The average molecular weight is 360 g/mol. The van der Waals surface area contributed by atoms with Crippen molar-refractivity contribution < 1.29 is 32.2 Å². The number of nitrogens with one attached hydrogen (secondary N) is 1. The van der Waals surface area contributed by atoms with Gasteiger partial charge in [0.15, 0.2) is 11.5 Å². The van der Waals surface area contributed by atoms with Crippen molar-refractivity contribution in [2.75, 3.05) is 27.3 Å². The van der Waals surface area contributed by atoms with Gasteiger partial charge in [0.25, 0.3) is 5.91 Å². The van der Waals surface area contributed by atoms with Crippen LogP contribution in [-0.2, 0) is 4.79 Å². The lowest BCUT2D eigenvalue weighted by Gasteiger charge is -2.32. The summed E-state index contributed by atoms with van der Waals surface area (Å²) in [5, 5.41) is 1.95. The molecule has 2 amide bonds. The van der Waals surface area contributed by atoms with E-state index in [2.05, 4.69) is 0 Å². The fraction of sp³-hybridized carbons (Fsp3) is 0.500. The number of methoxy groups -OCH3 is 2. The summed E-state index contributed by atoms with van der Waals surface area (Å²) >= 11 is 0. The third-order valence-corrected chi connectivity index (χ3v) is 4.01. The molecule has 0 aliphatic carbocycles. The summed E-state index contributed by atoms with van der Waals surface area (Å²) < 4.78 is 47.1. The second-order valence-electron chi connectivity index (χ2n) is 5.61. The number of likely N-dealkylation sites (tertiary alicyclic amines) is 1. The number of rotatable bonds is 4. The van der Waals surface area contributed by atoms with Gasteiger partial charge in [0.05, 0.1) is 14.2 Å². The van der Waals surface area contributed by atoms with Gasteiger partial charge in [-0.2, -0.15) is 13.2 Å². The van der Waals surface area contributed by atoms with Crippen LogP contribution in [0.3, 0.4) is 0 Å². The largest absolute Gasteiger partial charge is 0.493 e. The van der Waals surface area contributed by atoms with E-state index < -0.39 is 18.1 Å². The second-order valence-corrected chi connectivity index (χ2v) is 5.61. The van der Waals surface area contributed by atoms with E-state index in [1.165, 1.54) is 19.1 Å². The molecule has 1 saturated heterocycles. The maximum absolute atomic E-state index is 12.5. The number of piperidine rings is 1. The third kappa shape index (κ3) is 4.55. The number of benzene rings is 1. The highest BCUT2D eigenvalue weighted by Crippen LogP contribution is 2.28. The molecule has 0 bridgehead atoms. The Balaban J connectivity index is 1.96. The van der Waals surface area contributed by atoms with E-state index in [0.29, 0.717) is 17.1 Å². The first-order valence-corrected chi connectivity index (χ1v) is 7.65. The van der Waals surface area contributed by atoms with Crippen molar-refractivity contribution in [1.82, 2.24) is 10.2 Å². The van der Waals surface area contributed by atoms with Gasteiger partial charge in [0.1, 0.15) is 0 Å². The van der Waals surface area contributed by atoms with Crippen molar-refractivity contribution in [3.05, 3.63) is 23.8 Å². The minimum absolute atomic E-state index is 0.249. The van der Waals surface area contributed by atoms with Gasteiger partial charge in [-0.3, -0.25) is 9.59 Å². The number of hydrogen-bond acceptors (Lipinski definition) is 4. The van der Waals surface area contributed by atoms with Gasteiger partial charge in [-0.25, -0.2) is 0 Å². The first-order valence-electron chi connectivity index (χ1n) is 7.65. The lowest BCUT2D eigenvalue weighted by molar-refractivity contribution is -0.174. The first-order chi connectivity index (χ1) is 11.8. The summed E-state index contributed by atoms with van der Waals surface area (Å²) in [6, 6.07) is 4.17. The molecule has 1 aromatic rings. The summed E-state index contributed by atoms with van der Waals surface area (Å²) in [5.74, 6) is -1.29. The van der Waals surface area contributed by atoms with E-state index in [4.69, 9.17) is 9.47 Å². The van der Waals surface area contributed by atoms with Crippen molar-refractivity contribution in [3.8, 4) is 11.5 Å². The van der Waals surface area contributed by atoms with Crippen LogP contribution < -0.4 is 14.8 Å². The fourth-order valence-electron chi connectivity index (χ4n) is 2.65. The van der Waals surface area contributed by atoms with Crippen LogP contribution in [0.1, 0.15) is 23.2 Å². The number of ether oxygens (including phenoxy) is 2. The molecule has 1 aromatic carbocycles. The smallest absolute Gasteiger partial charge is 0.471 e. The van der Waals surface area contributed by atoms with Crippen molar-refractivity contribution in [2.45, 2.75) is 25.1 Å². The molecular weight excluding hydrogens is 341 g/mol. The maximum Gasteiger partial charge on any atom is 0.471 e. The Bertz CT molecular complexity index is 641. The Hall–Kier alpha value is -2.45. The van der Waals surface area contributed by atoms with Gasteiger partial charge in [-0.05, 0) is 31.0 Å². The van der Waals surface area contributed by atoms with E-state index >= 15 is 0 Å². The Morgan fingerprint density at radius 2 is 1.72 bits per heavy atom. The molecular formula is C16H19F3N2O4. The number of hydrogen-bond donors (Lipinski definition) is 1. The van der Waals surface area contributed by atoms with Crippen LogP contribution >= 0.6 is 0 Å². The van der Waals surface area contributed by atoms with Crippen molar-refractivity contribution in [3.63, 3.8) is 0 Å². The SMILES string of the molecule is COc1ccc(C(=O)N2CCC(NC(=O)C(F)(F)F)CC2)cc1OC. The van der Waals surface area contributed by atoms with E-state index in [1.807, 2.05) is 5.32 Å². The van der Waals surface area contributed by atoms with Crippen LogP contribution in [0.25, 0.3) is 0 Å². The molecule has 9 heteroatoms. The van der Waals surface area contributed by atoms with Crippen molar-refractivity contribution in [1.29, 1.82) is 0 Å². The van der Waals surface area contributed by atoms with Crippen LogP contribution in [0.15, 0.2) is 18.2 Å². The van der Waals surface area contributed by atoms with Crippen LogP contribution in [0.2, 0.25) is 0 Å². The number of amides is 2. The zero-order valence-corrected chi connectivity index (χ0v) is 13.9. The Morgan fingerprint density at radius 1 is 1.12 bits per heavy atom. The molecule has 1 aliphatic rings. The van der Waals surface area contributed by atoms with E-state index in [0.717, 1.165) is 0 Å². The fourth-order valence-corrected chi connectivity index (χ4v) is 2.65. The molecule has 1 heterocycles. The molecule has 2 rings (SSSR count). The molecule has 0 aromatic heterocycles. The molecule has 0 atom stereocenters. The van der Waals surface area contributed by atoms with Crippen LogP contribution in [0.5, 0.6) is 11.5 Å². The van der Waals surface area contributed by atoms with E-state index in [-0.39, 0.29) is 31.8 Å². The minimum atomic E-state index is -4.90. The molecule has 6 nitrogen and oxygen atoms in total. The molecule has 0 radical (unpaired) electrons. The highest BCUT2D eigenvalue weighted by Gasteiger charge is 2.40. The van der Waals surface area contributed by atoms with Crippen LogP contribution in [-0.4, -0.2) is 56.2 Å². The monoisotopic (exact) mass is 360 g/mol. The lowest BCUT2D eigenvalue weighted by atomic mass is 10.0. The van der Waals surface area contributed by atoms with Gasteiger partial charge in [0, 0.05) is 24.7 Å². The van der Waals surface area contributed by atoms with Crippen molar-refractivity contribution >= 4 is 11.8 Å². The molecule has 0 saturated carbocycles. The molecule has 1 N–H and O–H groups in total. The van der Waals surface area contributed by atoms with E-state index in [1.54, 1.807) is 18.2 Å². The van der Waals surface area contributed by atoms with Gasteiger partial charge >= 0.3 is 12.1 Å². The summed E-state index contributed by atoms with van der Waals surface area (Å²) in [4.78, 5) is 25.0. The first kappa shape index (κ1) is 18.9. The highest BCUT2D eigenvalue weighted by molar-refractivity contribution is 5.95. The molecule has 138 valence electrons. The topological polar surface area (TPSA) is 67.9 Å². The third-order valence-electron chi connectivity index (χ3n) is 4.01. The zero-order chi connectivity index (χ0) is 18.6. The minimum Gasteiger partial charge on any atom is -0.493 e.